The van der Waals surface area contributed by atoms with Gasteiger partial charge in [-0.15, -0.1) is 0 Å². The van der Waals surface area contributed by atoms with Crippen LogP contribution in [0.25, 0.3) is 10.9 Å². The fraction of sp³-hybridized carbons (Fsp3) is 0.421. The van der Waals surface area contributed by atoms with Crippen LogP contribution in [0.4, 0.5) is 0 Å². The molecule has 2 aliphatic rings. The number of benzene rings is 1. The summed E-state index contributed by atoms with van der Waals surface area (Å²) >= 11 is 0. The molecule has 0 N–H and O–H groups in total. The molecular formula is C19H20N4O2. The highest BCUT2D eigenvalue weighted by atomic mass is 16.4. The normalized spacial score (nSPS) is 17.5. The van der Waals surface area contributed by atoms with E-state index in [9.17, 15) is 4.79 Å². The molecule has 0 radical (unpaired) electrons. The number of para-hydroxylation sites is 1. The van der Waals surface area contributed by atoms with Crippen molar-refractivity contribution < 1.29 is 9.21 Å². The number of nitrogens with zero attached hydrogens (tertiary/aromatic N) is 4. The SMILES string of the molecule is O=C(Cn1ncc2ccccc21)N1CCc2oc(C3CCC3)nc2C1. The number of hydrogen-bond acceptors (Lipinski definition) is 4. The lowest BCUT2D eigenvalue weighted by atomic mass is 9.85. The Bertz CT molecular complexity index is 938. The predicted octanol–water partition coefficient (Wildman–Crippen LogP) is 2.88. The summed E-state index contributed by atoms with van der Waals surface area (Å²) < 4.78 is 7.71. The Hall–Kier alpha value is -2.63. The lowest BCUT2D eigenvalue weighted by molar-refractivity contribution is -0.133. The van der Waals surface area contributed by atoms with Crippen LogP contribution in [-0.4, -0.2) is 32.1 Å². The largest absolute Gasteiger partial charge is 0.445 e. The Balaban J connectivity index is 1.32. The van der Waals surface area contributed by atoms with E-state index in [2.05, 4.69) is 10.1 Å². The van der Waals surface area contributed by atoms with Gasteiger partial charge in [-0.25, -0.2) is 4.98 Å². The molecule has 0 atom stereocenters. The van der Waals surface area contributed by atoms with E-state index in [4.69, 9.17) is 4.42 Å². The van der Waals surface area contributed by atoms with E-state index in [1.807, 2.05) is 29.2 Å². The molecule has 5 rings (SSSR count). The topological polar surface area (TPSA) is 64.2 Å². The van der Waals surface area contributed by atoms with E-state index in [0.717, 1.165) is 34.7 Å². The maximum atomic E-state index is 12.7. The van der Waals surface area contributed by atoms with Gasteiger partial charge in [-0.1, -0.05) is 24.6 Å². The standard InChI is InChI=1S/C19H20N4O2/c24-18(12-23-16-7-2-1-4-14(16)10-20-23)22-9-8-17-15(11-22)21-19(25-17)13-5-3-6-13/h1-2,4,7,10,13H,3,5-6,8-9,11-12H2. The van der Waals surface area contributed by atoms with E-state index < -0.39 is 0 Å². The van der Waals surface area contributed by atoms with Gasteiger partial charge in [0.2, 0.25) is 5.91 Å². The minimum Gasteiger partial charge on any atom is -0.445 e. The first-order valence-corrected chi connectivity index (χ1v) is 8.95. The maximum Gasteiger partial charge on any atom is 0.244 e. The first kappa shape index (κ1) is 14.7. The Morgan fingerprint density at radius 1 is 1.28 bits per heavy atom. The summed E-state index contributed by atoms with van der Waals surface area (Å²) in [5, 5.41) is 5.41. The first-order chi connectivity index (χ1) is 12.3. The van der Waals surface area contributed by atoms with Gasteiger partial charge in [-0.2, -0.15) is 5.10 Å². The van der Waals surface area contributed by atoms with Gasteiger partial charge in [-0.05, 0) is 18.9 Å². The van der Waals surface area contributed by atoms with Gasteiger partial charge in [0.05, 0.1) is 18.3 Å². The van der Waals surface area contributed by atoms with Crippen molar-refractivity contribution in [2.75, 3.05) is 6.54 Å². The number of carbonyl (C=O) groups excluding carboxylic acids is 1. The molecule has 2 aromatic heterocycles. The summed E-state index contributed by atoms with van der Waals surface area (Å²) in [6.45, 7) is 1.49. The van der Waals surface area contributed by atoms with Crippen LogP contribution in [0.3, 0.4) is 0 Å². The molecule has 128 valence electrons. The first-order valence-electron chi connectivity index (χ1n) is 8.95. The van der Waals surface area contributed by atoms with Crippen LogP contribution in [0.15, 0.2) is 34.9 Å². The summed E-state index contributed by atoms with van der Waals surface area (Å²) in [7, 11) is 0. The molecule has 0 bridgehead atoms. The van der Waals surface area contributed by atoms with Crippen LogP contribution < -0.4 is 0 Å². The third-order valence-electron chi connectivity index (χ3n) is 5.39. The van der Waals surface area contributed by atoms with Crippen molar-refractivity contribution in [3.05, 3.63) is 47.8 Å². The van der Waals surface area contributed by atoms with Crippen LogP contribution in [0.1, 0.15) is 42.5 Å². The third kappa shape index (κ3) is 2.52. The fourth-order valence-electron chi connectivity index (χ4n) is 3.64. The number of fused-ring (bicyclic) bond motifs is 2. The molecule has 0 saturated heterocycles. The van der Waals surface area contributed by atoms with Gasteiger partial charge in [-0.3, -0.25) is 9.48 Å². The summed E-state index contributed by atoms with van der Waals surface area (Å²) in [5.41, 5.74) is 1.93. The molecular weight excluding hydrogens is 316 g/mol. The number of hydrogen-bond donors (Lipinski definition) is 0. The van der Waals surface area contributed by atoms with Crippen molar-refractivity contribution in [1.82, 2.24) is 19.7 Å². The van der Waals surface area contributed by atoms with Gasteiger partial charge in [0, 0.05) is 24.3 Å². The van der Waals surface area contributed by atoms with Crippen molar-refractivity contribution >= 4 is 16.8 Å². The second-order valence-electron chi connectivity index (χ2n) is 6.98. The Morgan fingerprint density at radius 3 is 3.00 bits per heavy atom. The molecule has 6 heteroatoms. The zero-order valence-electron chi connectivity index (χ0n) is 14.0. The van der Waals surface area contributed by atoms with Crippen LogP contribution in [-0.2, 0) is 24.3 Å². The van der Waals surface area contributed by atoms with Gasteiger partial charge >= 0.3 is 0 Å². The quantitative estimate of drug-likeness (QED) is 0.738. The zero-order chi connectivity index (χ0) is 16.8. The molecule has 1 aliphatic carbocycles. The lowest BCUT2D eigenvalue weighted by Crippen LogP contribution is -2.38. The molecule has 1 fully saturated rings. The second-order valence-corrected chi connectivity index (χ2v) is 6.98. The molecule has 1 amide bonds. The van der Waals surface area contributed by atoms with Crippen LogP contribution in [0, 0.1) is 0 Å². The van der Waals surface area contributed by atoms with Crippen LogP contribution >= 0.6 is 0 Å². The molecule has 6 nitrogen and oxygen atoms in total. The number of rotatable bonds is 3. The highest BCUT2D eigenvalue weighted by Gasteiger charge is 2.30. The number of carbonyl (C=O) groups is 1. The van der Waals surface area contributed by atoms with Crippen LogP contribution in [0.5, 0.6) is 0 Å². The van der Waals surface area contributed by atoms with E-state index in [-0.39, 0.29) is 12.5 Å². The van der Waals surface area contributed by atoms with E-state index in [1.165, 1.54) is 19.3 Å². The van der Waals surface area contributed by atoms with Gasteiger partial charge in [0.25, 0.3) is 0 Å². The summed E-state index contributed by atoms with van der Waals surface area (Å²) in [4.78, 5) is 19.3. The van der Waals surface area contributed by atoms with Crippen LogP contribution in [0.2, 0.25) is 0 Å². The average molecular weight is 336 g/mol. The van der Waals surface area contributed by atoms with Crippen molar-refractivity contribution in [2.45, 2.75) is 44.7 Å². The summed E-state index contributed by atoms with van der Waals surface area (Å²) in [6, 6.07) is 7.95. The highest BCUT2D eigenvalue weighted by Crippen LogP contribution is 2.37. The zero-order valence-corrected chi connectivity index (χ0v) is 14.0. The minimum absolute atomic E-state index is 0.0766. The maximum absolute atomic E-state index is 12.7. The van der Waals surface area contributed by atoms with Crippen molar-refractivity contribution in [3.63, 3.8) is 0 Å². The Kier molecular flexibility index (Phi) is 3.36. The number of aromatic nitrogens is 3. The third-order valence-corrected chi connectivity index (χ3v) is 5.39. The van der Waals surface area contributed by atoms with Gasteiger partial charge < -0.3 is 9.32 Å². The predicted molar refractivity (Wildman–Crippen MR) is 91.9 cm³/mol. The molecule has 1 aliphatic heterocycles. The van der Waals surface area contributed by atoms with Gasteiger partial charge in [0.1, 0.15) is 18.0 Å². The molecule has 25 heavy (non-hydrogen) atoms. The Labute approximate surface area is 145 Å². The average Bonchev–Trinajstić information content (AvgIpc) is 3.16. The van der Waals surface area contributed by atoms with Crippen molar-refractivity contribution in [3.8, 4) is 0 Å². The lowest BCUT2D eigenvalue weighted by Gasteiger charge is -2.25. The molecule has 0 spiro atoms. The number of amides is 1. The Morgan fingerprint density at radius 2 is 2.16 bits per heavy atom. The smallest absolute Gasteiger partial charge is 0.244 e. The molecule has 3 heterocycles. The summed E-state index contributed by atoms with van der Waals surface area (Å²) in [5.74, 6) is 2.41. The summed E-state index contributed by atoms with van der Waals surface area (Å²) in [6.07, 6.45) is 6.17. The molecule has 3 aromatic rings. The fourth-order valence-corrected chi connectivity index (χ4v) is 3.64. The van der Waals surface area contributed by atoms with Gasteiger partial charge in [0.15, 0.2) is 5.89 Å². The van der Waals surface area contributed by atoms with E-state index in [0.29, 0.717) is 19.0 Å². The molecule has 1 saturated carbocycles. The van der Waals surface area contributed by atoms with Crippen molar-refractivity contribution in [2.24, 2.45) is 0 Å². The minimum atomic E-state index is 0.0766. The highest BCUT2D eigenvalue weighted by molar-refractivity contribution is 5.82. The molecule has 1 aromatic carbocycles. The second kappa shape index (κ2) is 5.72. The number of oxazole rings is 1. The van der Waals surface area contributed by atoms with Crippen molar-refractivity contribution in [1.29, 1.82) is 0 Å². The monoisotopic (exact) mass is 336 g/mol. The van der Waals surface area contributed by atoms with E-state index in [1.54, 1.807) is 10.9 Å². The molecule has 0 unspecified atom stereocenters. The van der Waals surface area contributed by atoms with E-state index >= 15 is 0 Å².